The van der Waals surface area contributed by atoms with Crippen molar-refractivity contribution in [3.8, 4) is 0 Å². The Morgan fingerprint density at radius 2 is 2.22 bits per heavy atom. The van der Waals surface area contributed by atoms with Crippen molar-refractivity contribution in [1.29, 1.82) is 0 Å². The molecule has 27 heavy (non-hydrogen) atoms. The Morgan fingerprint density at radius 3 is 3.04 bits per heavy atom. The SMILES string of the molecule is CN1CCc2c(cnn2[C@H]2CN3c4cc(Cl)nnc4NC[C@@]3(C(F)F)C2)C1. The first kappa shape index (κ1) is 17.1. The third kappa shape index (κ3) is 2.51. The first-order valence-electron chi connectivity index (χ1n) is 9.04. The van der Waals surface area contributed by atoms with Crippen molar-refractivity contribution in [2.75, 3.05) is 36.9 Å². The monoisotopic (exact) mass is 395 g/mol. The van der Waals surface area contributed by atoms with Crippen molar-refractivity contribution in [2.45, 2.75) is 37.4 Å². The zero-order valence-corrected chi connectivity index (χ0v) is 15.6. The minimum atomic E-state index is -2.51. The number of likely N-dealkylation sites (N-methyl/N-ethyl adjacent to an activating group) is 1. The molecular weight excluding hydrogens is 376 g/mol. The first-order chi connectivity index (χ1) is 13.0. The van der Waals surface area contributed by atoms with Crippen molar-refractivity contribution in [3.63, 3.8) is 0 Å². The van der Waals surface area contributed by atoms with Crippen molar-refractivity contribution in [3.05, 3.63) is 28.7 Å². The van der Waals surface area contributed by atoms with Crippen LogP contribution in [0.1, 0.15) is 23.7 Å². The molecule has 2 atom stereocenters. The Bertz CT molecular complexity index is 888. The van der Waals surface area contributed by atoms with Gasteiger partial charge in [0, 0.05) is 56.3 Å². The summed E-state index contributed by atoms with van der Waals surface area (Å²) in [7, 11) is 2.08. The molecule has 0 aromatic carbocycles. The lowest BCUT2D eigenvalue weighted by Crippen LogP contribution is -2.57. The van der Waals surface area contributed by atoms with Gasteiger partial charge in [-0.15, -0.1) is 10.2 Å². The van der Waals surface area contributed by atoms with Gasteiger partial charge in [0.1, 0.15) is 5.54 Å². The number of hydrogen-bond acceptors (Lipinski definition) is 6. The van der Waals surface area contributed by atoms with Gasteiger partial charge in [-0.3, -0.25) is 4.68 Å². The third-order valence-electron chi connectivity index (χ3n) is 6.02. The van der Waals surface area contributed by atoms with E-state index in [9.17, 15) is 8.78 Å². The van der Waals surface area contributed by atoms with Gasteiger partial charge in [0.15, 0.2) is 11.0 Å². The number of fused-ring (bicyclic) bond motifs is 4. The average Bonchev–Trinajstić information content (AvgIpc) is 3.23. The van der Waals surface area contributed by atoms with Crippen LogP contribution >= 0.6 is 11.6 Å². The molecule has 5 heterocycles. The molecule has 3 aliphatic rings. The van der Waals surface area contributed by atoms with Crippen LogP contribution in [0.5, 0.6) is 0 Å². The predicted molar refractivity (Wildman–Crippen MR) is 97.5 cm³/mol. The molecular formula is C17H20ClF2N7. The fourth-order valence-corrected chi connectivity index (χ4v) is 4.81. The van der Waals surface area contributed by atoms with Gasteiger partial charge < -0.3 is 15.1 Å². The first-order valence-corrected chi connectivity index (χ1v) is 9.42. The average molecular weight is 396 g/mol. The molecule has 3 aliphatic heterocycles. The summed E-state index contributed by atoms with van der Waals surface area (Å²) in [4.78, 5) is 4.01. The van der Waals surface area contributed by atoms with E-state index in [4.69, 9.17) is 11.6 Å². The zero-order chi connectivity index (χ0) is 18.8. The second-order valence-electron chi connectivity index (χ2n) is 7.68. The highest BCUT2D eigenvalue weighted by Crippen LogP contribution is 2.48. The summed E-state index contributed by atoms with van der Waals surface area (Å²) in [5, 5.41) is 15.7. The Balaban J connectivity index is 1.54. The molecule has 5 rings (SSSR count). The van der Waals surface area contributed by atoms with E-state index in [2.05, 4.69) is 32.6 Å². The molecule has 1 N–H and O–H groups in total. The lowest BCUT2D eigenvalue weighted by molar-refractivity contribution is 0.0585. The van der Waals surface area contributed by atoms with Crippen LogP contribution in [0.15, 0.2) is 12.3 Å². The fraction of sp³-hybridized carbons (Fsp3) is 0.588. The number of anilines is 2. The second-order valence-corrected chi connectivity index (χ2v) is 8.06. The second kappa shape index (κ2) is 6.00. The summed E-state index contributed by atoms with van der Waals surface area (Å²) in [6.07, 6.45) is 0.580. The van der Waals surface area contributed by atoms with Crippen LogP contribution in [0, 0.1) is 0 Å². The molecule has 0 amide bonds. The van der Waals surface area contributed by atoms with E-state index in [0.29, 0.717) is 24.5 Å². The highest BCUT2D eigenvalue weighted by atomic mass is 35.5. The summed E-state index contributed by atoms with van der Waals surface area (Å²) in [6.45, 7) is 2.37. The van der Waals surface area contributed by atoms with Gasteiger partial charge in [-0.2, -0.15) is 5.10 Å². The summed E-state index contributed by atoms with van der Waals surface area (Å²) < 4.78 is 30.5. The van der Waals surface area contributed by atoms with Gasteiger partial charge in [0.05, 0.1) is 17.9 Å². The molecule has 2 aromatic rings. The lowest BCUT2D eigenvalue weighted by Gasteiger charge is -2.43. The molecule has 0 saturated carbocycles. The normalized spacial score (nSPS) is 27.3. The third-order valence-corrected chi connectivity index (χ3v) is 6.21. The molecule has 144 valence electrons. The maximum Gasteiger partial charge on any atom is 0.263 e. The number of aromatic nitrogens is 4. The maximum absolute atomic E-state index is 14.3. The van der Waals surface area contributed by atoms with Crippen LogP contribution in [0.2, 0.25) is 5.15 Å². The maximum atomic E-state index is 14.3. The van der Waals surface area contributed by atoms with Gasteiger partial charge in [0.2, 0.25) is 0 Å². The fourth-order valence-electron chi connectivity index (χ4n) is 4.67. The van der Waals surface area contributed by atoms with Crippen molar-refractivity contribution in [2.24, 2.45) is 0 Å². The Kier molecular flexibility index (Phi) is 3.80. The van der Waals surface area contributed by atoms with Crippen LogP contribution in [0.4, 0.5) is 20.3 Å². The molecule has 10 heteroatoms. The lowest BCUT2D eigenvalue weighted by atomic mass is 9.93. The van der Waals surface area contributed by atoms with Crippen molar-refractivity contribution in [1.82, 2.24) is 24.9 Å². The topological polar surface area (TPSA) is 62.1 Å². The number of halogens is 3. The minimum Gasteiger partial charge on any atom is -0.364 e. The molecule has 1 fully saturated rings. The quantitative estimate of drug-likeness (QED) is 0.841. The summed E-state index contributed by atoms with van der Waals surface area (Å²) in [5.41, 5.74) is 1.65. The van der Waals surface area contributed by atoms with Crippen LogP contribution < -0.4 is 10.2 Å². The number of hydrogen-bond donors (Lipinski definition) is 1. The van der Waals surface area contributed by atoms with E-state index in [0.717, 1.165) is 19.5 Å². The van der Waals surface area contributed by atoms with E-state index in [-0.39, 0.29) is 17.7 Å². The van der Waals surface area contributed by atoms with Crippen LogP contribution in [0.25, 0.3) is 0 Å². The predicted octanol–water partition coefficient (Wildman–Crippen LogP) is 2.20. The van der Waals surface area contributed by atoms with Gasteiger partial charge in [-0.05, 0) is 7.05 Å². The van der Waals surface area contributed by atoms with Crippen LogP contribution in [-0.2, 0) is 13.0 Å². The standard InChI is InChI=1S/C17H20ClF2N7/c1-25-3-2-12-10(7-25)6-22-27(12)11-5-17(16(19)20)9-21-15-13(26(17)8-11)4-14(18)23-24-15/h4,6,11,16H,2-3,5,7-9H2,1H3,(H,21,24)/t11-,17-/m1/s1. The number of alkyl halides is 2. The van der Waals surface area contributed by atoms with Crippen LogP contribution in [-0.4, -0.2) is 63.5 Å². The highest BCUT2D eigenvalue weighted by Gasteiger charge is 2.55. The highest BCUT2D eigenvalue weighted by molar-refractivity contribution is 6.29. The van der Waals surface area contributed by atoms with E-state index in [1.54, 1.807) is 11.0 Å². The largest absolute Gasteiger partial charge is 0.364 e. The van der Waals surface area contributed by atoms with Crippen LogP contribution in [0.3, 0.4) is 0 Å². The Labute approximate surface area is 160 Å². The van der Waals surface area contributed by atoms with Crippen molar-refractivity contribution >= 4 is 23.1 Å². The van der Waals surface area contributed by atoms with Gasteiger partial charge >= 0.3 is 0 Å². The summed E-state index contributed by atoms with van der Waals surface area (Å²) in [6, 6.07) is 1.49. The zero-order valence-electron chi connectivity index (χ0n) is 14.9. The Hall–Kier alpha value is -2.00. The smallest absolute Gasteiger partial charge is 0.263 e. The molecule has 0 spiro atoms. The number of nitrogens with one attached hydrogen (secondary N) is 1. The van der Waals surface area contributed by atoms with Gasteiger partial charge in [-0.25, -0.2) is 8.78 Å². The number of nitrogens with zero attached hydrogens (tertiary/aromatic N) is 6. The van der Waals surface area contributed by atoms with E-state index < -0.39 is 12.0 Å². The molecule has 0 aliphatic carbocycles. The molecule has 2 aromatic heterocycles. The number of rotatable bonds is 2. The molecule has 0 bridgehead atoms. The summed E-state index contributed by atoms with van der Waals surface area (Å²) in [5.74, 6) is 0.500. The summed E-state index contributed by atoms with van der Waals surface area (Å²) >= 11 is 6.00. The van der Waals surface area contributed by atoms with Crippen molar-refractivity contribution < 1.29 is 8.78 Å². The molecule has 0 radical (unpaired) electrons. The van der Waals surface area contributed by atoms with E-state index in [1.807, 2.05) is 10.9 Å². The minimum absolute atomic E-state index is 0.120. The van der Waals surface area contributed by atoms with E-state index >= 15 is 0 Å². The Morgan fingerprint density at radius 1 is 1.37 bits per heavy atom. The molecule has 1 saturated heterocycles. The van der Waals surface area contributed by atoms with Gasteiger partial charge in [0.25, 0.3) is 6.43 Å². The molecule has 7 nitrogen and oxygen atoms in total. The molecule has 0 unspecified atom stereocenters. The van der Waals surface area contributed by atoms with E-state index in [1.165, 1.54) is 11.3 Å². The van der Waals surface area contributed by atoms with Gasteiger partial charge in [-0.1, -0.05) is 11.6 Å².